The largest absolute Gasteiger partial charge is 0.493 e. The van der Waals surface area contributed by atoms with Gasteiger partial charge in [-0.1, -0.05) is 68.8 Å². The number of benzene rings is 4. The summed E-state index contributed by atoms with van der Waals surface area (Å²) in [4.78, 5) is 24.9. The number of carbonyl (C=O) groups excluding carboxylic acids is 2. The van der Waals surface area contributed by atoms with Gasteiger partial charge < -0.3 is 23.7 Å². The number of rotatable bonds is 17. The highest BCUT2D eigenvalue weighted by Crippen LogP contribution is 2.35. The van der Waals surface area contributed by atoms with Crippen molar-refractivity contribution in [1.82, 2.24) is 0 Å². The number of hydrogen-bond donors (Lipinski definition) is 0. The number of esters is 1. The molecule has 0 radical (unpaired) electrons. The van der Waals surface area contributed by atoms with Gasteiger partial charge in [0, 0.05) is 18.1 Å². The summed E-state index contributed by atoms with van der Waals surface area (Å²) in [6.07, 6.45) is 2.92. The van der Waals surface area contributed by atoms with E-state index in [4.69, 9.17) is 35.3 Å². The van der Waals surface area contributed by atoms with Crippen LogP contribution in [0, 0.1) is 0 Å². The van der Waals surface area contributed by atoms with Crippen LogP contribution in [0.2, 0.25) is 0 Å². The van der Waals surface area contributed by atoms with Crippen molar-refractivity contribution in [3.63, 3.8) is 0 Å². The first-order valence-electron chi connectivity index (χ1n) is 15.1. The summed E-state index contributed by atoms with van der Waals surface area (Å²) >= 11 is 5.91. The fraction of sp³-hybridized carbons (Fsp3) is 0.297. The van der Waals surface area contributed by atoms with E-state index in [0.29, 0.717) is 66.8 Å². The monoisotopic (exact) mass is 630 g/mol. The Hall–Kier alpha value is -4.49. The highest BCUT2D eigenvalue weighted by molar-refractivity contribution is 6.30. The summed E-state index contributed by atoms with van der Waals surface area (Å²) < 4.78 is 29.6. The van der Waals surface area contributed by atoms with Crippen molar-refractivity contribution < 1.29 is 33.3 Å². The topological polar surface area (TPSA) is 80.3 Å². The molecule has 0 saturated carbocycles. The van der Waals surface area contributed by atoms with Crippen LogP contribution in [0.5, 0.6) is 28.7 Å². The van der Waals surface area contributed by atoms with Gasteiger partial charge in [-0.2, -0.15) is 0 Å². The number of halogens is 1. The molecule has 8 heteroatoms. The van der Waals surface area contributed by atoms with Gasteiger partial charge >= 0.3 is 5.97 Å². The number of hydrogen-bond acceptors (Lipinski definition) is 7. The summed E-state index contributed by atoms with van der Waals surface area (Å²) in [6.45, 7) is 5.24. The zero-order chi connectivity index (χ0) is 32.0. The molecule has 0 unspecified atom stereocenters. The Morgan fingerprint density at radius 3 is 2.11 bits per heavy atom. The molecule has 0 aliphatic heterocycles. The third kappa shape index (κ3) is 9.02. The quantitative estimate of drug-likeness (QED) is 0.0500. The van der Waals surface area contributed by atoms with E-state index < -0.39 is 5.97 Å². The maximum absolute atomic E-state index is 12.6. The lowest BCUT2D eigenvalue weighted by Crippen LogP contribution is -2.10. The highest BCUT2D eigenvalue weighted by atomic mass is 35.5. The van der Waals surface area contributed by atoms with E-state index in [-0.39, 0.29) is 11.7 Å². The third-order valence-corrected chi connectivity index (χ3v) is 7.35. The Kier molecular flexibility index (Phi) is 12.7. The van der Waals surface area contributed by atoms with E-state index in [1.807, 2.05) is 67.6 Å². The first-order chi connectivity index (χ1) is 22.0. The molecule has 0 aliphatic rings. The minimum atomic E-state index is -0.462. The van der Waals surface area contributed by atoms with E-state index >= 15 is 0 Å². The number of ketones is 1. The van der Waals surface area contributed by atoms with Crippen LogP contribution in [-0.2, 0) is 24.2 Å². The second kappa shape index (κ2) is 17.1. The van der Waals surface area contributed by atoms with Gasteiger partial charge in [0.2, 0.25) is 0 Å². The third-order valence-electron chi connectivity index (χ3n) is 7.11. The first kappa shape index (κ1) is 33.4. The molecule has 0 fully saturated rings. The van der Waals surface area contributed by atoms with Crippen LogP contribution in [-0.4, -0.2) is 38.0 Å². The maximum Gasteiger partial charge on any atom is 0.341 e. The standard InChI is InChI=1S/C37H39ClO7/c1-4-13-28-32(18-11-19-33(28)45-34-17-10-9-16-29(34)37(40)41-3)42-20-12-21-43-35-23-36(44-25-26-14-7-6-8-15-26)30(31(39)24-38)22-27(35)5-2/h6-11,14-19,22-23H,4-5,12-13,20-21,24-25H2,1-3H3. The average molecular weight is 631 g/mol. The van der Waals surface area contributed by atoms with E-state index in [1.54, 1.807) is 24.3 Å². The molecule has 0 spiro atoms. The average Bonchev–Trinajstić information content (AvgIpc) is 3.08. The molecule has 236 valence electrons. The molecule has 0 heterocycles. The Morgan fingerprint density at radius 1 is 0.711 bits per heavy atom. The van der Waals surface area contributed by atoms with E-state index in [1.165, 1.54) is 7.11 Å². The fourth-order valence-corrected chi connectivity index (χ4v) is 4.95. The SMILES string of the molecule is CCCc1c(OCCCOc2cc(OCc3ccccc3)c(C(=O)CCl)cc2CC)cccc1Oc1ccccc1C(=O)OC. The summed E-state index contributed by atoms with van der Waals surface area (Å²) in [5, 5.41) is 0. The van der Waals surface area contributed by atoms with Crippen molar-refractivity contribution in [2.24, 2.45) is 0 Å². The van der Waals surface area contributed by atoms with Gasteiger partial charge in [-0.3, -0.25) is 4.79 Å². The Bertz CT molecular complexity index is 1570. The molecule has 4 rings (SSSR count). The molecule has 7 nitrogen and oxygen atoms in total. The van der Waals surface area contributed by atoms with Gasteiger partial charge in [0.15, 0.2) is 5.78 Å². The Balaban J connectivity index is 1.43. The van der Waals surface area contributed by atoms with Gasteiger partial charge in [0.1, 0.15) is 40.9 Å². The van der Waals surface area contributed by atoms with Crippen molar-refractivity contribution in [3.05, 3.63) is 113 Å². The smallest absolute Gasteiger partial charge is 0.341 e. The molecule has 0 N–H and O–H groups in total. The molecule has 0 aliphatic carbocycles. The maximum atomic E-state index is 12.6. The first-order valence-corrected chi connectivity index (χ1v) is 15.7. The summed E-state index contributed by atoms with van der Waals surface area (Å²) in [7, 11) is 1.35. The Morgan fingerprint density at radius 2 is 1.40 bits per heavy atom. The molecule has 0 aromatic heterocycles. The Labute approximate surface area is 270 Å². The van der Waals surface area contributed by atoms with Crippen LogP contribution in [0.15, 0.2) is 84.9 Å². The summed E-state index contributed by atoms with van der Waals surface area (Å²) in [5.74, 6) is 2.09. The number of ether oxygens (including phenoxy) is 5. The molecule has 0 saturated heterocycles. The van der Waals surface area contributed by atoms with Crippen molar-refractivity contribution in [2.45, 2.75) is 46.1 Å². The van der Waals surface area contributed by atoms with Gasteiger partial charge in [0.05, 0.1) is 31.8 Å². The van der Waals surface area contributed by atoms with Gasteiger partial charge in [-0.15, -0.1) is 11.6 Å². The predicted octanol–water partition coefficient (Wildman–Crippen LogP) is 8.63. The summed E-state index contributed by atoms with van der Waals surface area (Å²) in [5.41, 5.74) is 3.62. The fourth-order valence-electron chi connectivity index (χ4n) is 4.81. The van der Waals surface area contributed by atoms with Crippen molar-refractivity contribution in [2.75, 3.05) is 26.2 Å². The minimum Gasteiger partial charge on any atom is -0.493 e. The number of Topliss-reactive ketones (excluding diaryl/α,β-unsaturated/α-hetero) is 1. The molecule has 4 aromatic carbocycles. The van der Waals surface area contributed by atoms with Crippen LogP contribution >= 0.6 is 11.6 Å². The predicted molar refractivity (Wildman–Crippen MR) is 176 cm³/mol. The molecule has 0 atom stereocenters. The van der Waals surface area contributed by atoms with Crippen molar-refractivity contribution >= 4 is 23.4 Å². The lowest BCUT2D eigenvalue weighted by Gasteiger charge is -2.18. The second-order valence-electron chi connectivity index (χ2n) is 10.3. The van der Waals surface area contributed by atoms with E-state index in [2.05, 4.69) is 6.92 Å². The second-order valence-corrected chi connectivity index (χ2v) is 10.5. The lowest BCUT2D eigenvalue weighted by atomic mass is 10.0. The number of carbonyl (C=O) groups is 2. The molecular formula is C37H39ClO7. The number of alkyl halides is 1. The van der Waals surface area contributed by atoms with Crippen molar-refractivity contribution in [3.8, 4) is 28.7 Å². The van der Waals surface area contributed by atoms with Crippen LogP contribution in [0.1, 0.15) is 64.1 Å². The molecular weight excluding hydrogens is 592 g/mol. The minimum absolute atomic E-state index is 0.132. The van der Waals surface area contributed by atoms with Crippen LogP contribution in [0.3, 0.4) is 0 Å². The zero-order valence-corrected chi connectivity index (χ0v) is 26.7. The molecule has 45 heavy (non-hydrogen) atoms. The van der Waals surface area contributed by atoms with Gasteiger partial charge in [-0.05, 0) is 54.3 Å². The molecule has 0 bridgehead atoms. The lowest BCUT2D eigenvalue weighted by molar-refractivity contribution is 0.0597. The van der Waals surface area contributed by atoms with E-state index in [9.17, 15) is 9.59 Å². The van der Waals surface area contributed by atoms with Crippen LogP contribution in [0.25, 0.3) is 0 Å². The zero-order valence-electron chi connectivity index (χ0n) is 26.0. The number of para-hydroxylation sites is 1. The summed E-state index contributed by atoms with van der Waals surface area (Å²) in [6, 6.07) is 26.0. The van der Waals surface area contributed by atoms with E-state index in [0.717, 1.165) is 35.3 Å². The van der Waals surface area contributed by atoms with Crippen LogP contribution in [0.4, 0.5) is 0 Å². The normalized spacial score (nSPS) is 10.7. The van der Waals surface area contributed by atoms with Crippen LogP contribution < -0.4 is 18.9 Å². The molecule has 4 aromatic rings. The molecule has 0 amide bonds. The number of methoxy groups -OCH3 is 1. The van der Waals surface area contributed by atoms with Crippen molar-refractivity contribution in [1.29, 1.82) is 0 Å². The van der Waals surface area contributed by atoms with Gasteiger partial charge in [0.25, 0.3) is 0 Å². The highest BCUT2D eigenvalue weighted by Gasteiger charge is 2.18. The van der Waals surface area contributed by atoms with Gasteiger partial charge in [-0.25, -0.2) is 4.79 Å². The number of aryl methyl sites for hydroxylation is 1.